The van der Waals surface area contributed by atoms with E-state index in [9.17, 15) is 4.39 Å². The number of aryl methyl sites for hydroxylation is 1. The molecule has 1 unspecified atom stereocenters. The summed E-state index contributed by atoms with van der Waals surface area (Å²) < 4.78 is 14.1. The number of aromatic nitrogens is 1. The molecule has 0 bridgehead atoms. The van der Waals surface area contributed by atoms with E-state index in [-0.39, 0.29) is 11.9 Å². The van der Waals surface area contributed by atoms with Crippen LogP contribution in [0.2, 0.25) is 0 Å². The van der Waals surface area contributed by atoms with Crippen LogP contribution < -0.4 is 5.32 Å². The Hall–Kier alpha value is -1.26. The fourth-order valence-electron chi connectivity index (χ4n) is 2.00. The van der Waals surface area contributed by atoms with Crippen molar-refractivity contribution in [2.24, 2.45) is 0 Å². The number of nitrogens with zero attached hydrogens (tertiary/aromatic N) is 1. The van der Waals surface area contributed by atoms with Crippen molar-refractivity contribution in [2.45, 2.75) is 13.0 Å². The van der Waals surface area contributed by atoms with Gasteiger partial charge in [-0.15, -0.1) is 0 Å². The Morgan fingerprint density at radius 2 is 2.06 bits per heavy atom. The van der Waals surface area contributed by atoms with E-state index in [4.69, 9.17) is 0 Å². The summed E-state index contributed by atoms with van der Waals surface area (Å²) in [7, 11) is 1.86. The third kappa shape index (κ3) is 2.44. The first kappa shape index (κ1) is 13.2. The second-order valence-electron chi connectivity index (χ2n) is 4.10. The molecule has 2 aromatic rings. The number of pyridine rings is 1. The molecule has 94 valence electrons. The van der Waals surface area contributed by atoms with Crippen LogP contribution in [-0.2, 0) is 0 Å². The van der Waals surface area contributed by atoms with Crippen LogP contribution in [0.25, 0.3) is 0 Å². The van der Waals surface area contributed by atoms with Crippen LogP contribution in [0.5, 0.6) is 0 Å². The minimum absolute atomic E-state index is 0.0798. The lowest BCUT2D eigenvalue weighted by Gasteiger charge is -2.20. The fourth-order valence-corrected chi connectivity index (χ4v) is 2.49. The van der Waals surface area contributed by atoms with Crippen molar-refractivity contribution >= 4 is 15.9 Å². The van der Waals surface area contributed by atoms with Crippen molar-refractivity contribution in [1.82, 2.24) is 10.3 Å². The van der Waals surface area contributed by atoms with E-state index in [2.05, 4.69) is 26.2 Å². The Bertz CT molecular complexity index is 557. The molecule has 1 aromatic carbocycles. The monoisotopic (exact) mass is 308 g/mol. The van der Waals surface area contributed by atoms with E-state index in [0.717, 1.165) is 16.7 Å². The number of benzene rings is 1. The average Bonchev–Trinajstić information content (AvgIpc) is 2.37. The summed E-state index contributed by atoms with van der Waals surface area (Å²) in [6.07, 6.45) is 3.57. The van der Waals surface area contributed by atoms with Crippen molar-refractivity contribution in [3.05, 3.63) is 63.6 Å². The molecule has 0 amide bonds. The zero-order valence-corrected chi connectivity index (χ0v) is 11.8. The van der Waals surface area contributed by atoms with Gasteiger partial charge in [-0.1, -0.05) is 12.1 Å². The highest BCUT2D eigenvalue weighted by molar-refractivity contribution is 9.10. The van der Waals surface area contributed by atoms with Gasteiger partial charge in [0.05, 0.1) is 10.5 Å². The Balaban J connectivity index is 2.53. The van der Waals surface area contributed by atoms with Crippen molar-refractivity contribution in [3.8, 4) is 0 Å². The topological polar surface area (TPSA) is 24.9 Å². The van der Waals surface area contributed by atoms with E-state index in [1.54, 1.807) is 12.3 Å². The average molecular weight is 309 g/mol. The smallest absolute Gasteiger partial charge is 0.137 e. The number of hydrogen-bond donors (Lipinski definition) is 1. The Kier molecular flexibility index (Phi) is 4.09. The highest BCUT2D eigenvalue weighted by atomic mass is 79.9. The first-order valence-electron chi connectivity index (χ1n) is 5.67. The van der Waals surface area contributed by atoms with Crippen LogP contribution in [-0.4, -0.2) is 12.0 Å². The number of hydrogen-bond acceptors (Lipinski definition) is 2. The quantitative estimate of drug-likeness (QED) is 0.937. The van der Waals surface area contributed by atoms with Gasteiger partial charge in [0, 0.05) is 12.4 Å². The Morgan fingerprint density at radius 1 is 1.28 bits per heavy atom. The predicted octanol–water partition coefficient (Wildman–Crippen LogP) is 3.60. The van der Waals surface area contributed by atoms with E-state index in [1.165, 1.54) is 6.07 Å². The molecule has 0 radical (unpaired) electrons. The van der Waals surface area contributed by atoms with Gasteiger partial charge in [0.2, 0.25) is 0 Å². The van der Waals surface area contributed by atoms with Gasteiger partial charge in [0.15, 0.2) is 0 Å². The summed E-state index contributed by atoms with van der Waals surface area (Å²) in [5.41, 5.74) is 3.04. The summed E-state index contributed by atoms with van der Waals surface area (Å²) in [4.78, 5) is 4.14. The highest BCUT2D eigenvalue weighted by Crippen LogP contribution is 2.31. The highest BCUT2D eigenvalue weighted by Gasteiger charge is 2.18. The van der Waals surface area contributed by atoms with Crippen LogP contribution in [0.3, 0.4) is 0 Å². The van der Waals surface area contributed by atoms with Crippen molar-refractivity contribution in [3.63, 3.8) is 0 Å². The molecule has 1 heterocycles. The number of halogens is 2. The molecule has 0 aliphatic rings. The van der Waals surface area contributed by atoms with Gasteiger partial charge < -0.3 is 5.32 Å². The summed E-state index contributed by atoms with van der Waals surface area (Å²) in [6.45, 7) is 2.02. The molecule has 0 aliphatic carbocycles. The minimum atomic E-state index is -0.255. The van der Waals surface area contributed by atoms with Gasteiger partial charge in [0.1, 0.15) is 5.82 Å². The lowest BCUT2D eigenvalue weighted by atomic mass is 9.97. The minimum Gasteiger partial charge on any atom is -0.309 e. The molecule has 0 saturated carbocycles. The van der Waals surface area contributed by atoms with E-state index in [0.29, 0.717) is 4.47 Å². The first-order chi connectivity index (χ1) is 8.65. The lowest BCUT2D eigenvalue weighted by molar-refractivity contribution is 0.607. The van der Waals surface area contributed by atoms with Crippen molar-refractivity contribution < 1.29 is 4.39 Å². The van der Waals surface area contributed by atoms with Gasteiger partial charge >= 0.3 is 0 Å². The molecule has 1 atom stereocenters. The molecule has 4 heteroatoms. The Morgan fingerprint density at radius 3 is 2.72 bits per heavy atom. The van der Waals surface area contributed by atoms with Gasteiger partial charge in [-0.2, -0.15) is 0 Å². The SMILES string of the molecule is CNC(c1cnccc1C)c1cccc(F)c1Br. The van der Waals surface area contributed by atoms with Crippen LogP contribution in [0.15, 0.2) is 41.1 Å². The zero-order valence-electron chi connectivity index (χ0n) is 10.2. The van der Waals surface area contributed by atoms with Crippen molar-refractivity contribution in [2.75, 3.05) is 7.05 Å². The van der Waals surface area contributed by atoms with Crippen LogP contribution in [0, 0.1) is 12.7 Å². The fraction of sp³-hybridized carbons (Fsp3) is 0.214. The van der Waals surface area contributed by atoms with E-state index < -0.39 is 0 Å². The molecule has 0 fully saturated rings. The van der Waals surface area contributed by atoms with Gasteiger partial charge in [0.25, 0.3) is 0 Å². The maximum Gasteiger partial charge on any atom is 0.137 e. The molecule has 0 saturated heterocycles. The number of nitrogens with one attached hydrogen (secondary N) is 1. The molecular formula is C14H14BrFN2. The molecule has 2 nitrogen and oxygen atoms in total. The van der Waals surface area contributed by atoms with Gasteiger partial charge in [-0.3, -0.25) is 4.98 Å². The second-order valence-corrected chi connectivity index (χ2v) is 4.89. The largest absolute Gasteiger partial charge is 0.309 e. The van der Waals surface area contributed by atoms with E-state index in [1.807, 2.05) is 32.3 Å². The molecule has 0 aliphatic heterocycles. The molecule has 0 spiro atoms. The van der Waals surface area contributed by atoms with E-state index >= 15 is 0 Å². The normalized spacial score (nSPS) is 12.4. The van der Waals surface area contributed by atoms with Crippen molar-refractivity contribution in [1.29, 1.82) is 0 Å². The second kappa shape index (κ2) is 5.59. The third-order valence-electron chi connectivity index (χ3n) is 2.97. The molecule has 1 N–H and O–H groups in total. The van der Waals surface area contributed by atoms with Gasteiger partial charge in [-0.25, -0.2) is 4.39 Å². The zero-order chi connectivity index (χ0) is 13.1. The Labute approximate surface area is 114 Å². The van der Waals surface area contributed by atoms with Crippen LogP contribution >= 0.6 is 15.9 Å². The number of rotatable bonds is 3. The maximum atomic E-state index is 13.6. The van der Waals surface area contributed by atoms with Gasteiger partial charge in [-0.05, 0) is 58.7 Å². The summed E-state index contributed by atoms with van der Waals surface area (Å²) >= 11 is 3.31. The molecule has 2 rings (SSSR count). The molecule has 1 aromatic heterocycles. The third-order valence-corrected chi connectivity index (χ3v) is 3.81. The summed E-state index contributed by atoms with van der Waals surface area (Å²) in [5.74, 6) is -0.255. The lowest BCUT2D eigenvalue weighted by Crippen LogP contribution is -2.19. The summed E-state index contributed by atoms with van der Waals surface area (Å²) in [5, 5.41) is 3.21. The standard InChI is InChI=1S/C14H14BrFN2/c1-9-6-7-18-8-11(9)14(17-2)10-4-3-5-12(16)13(10)15/h3-8,14,17H,1-2H3. The maximum absolute atomic E-state index is 13.6. The summed E-state index contributed by atoms with van der Waals surface area (Å²) in [6, 6.07) is 6.93. The predicted molar refractivity (Wildman–Crippen MR) is 74.0 cm³/mol. The molecular weight excluding hydrogens is 295 g/mol. The first-order valence-corrected chi connectivity index (χ1v) is 6.46. The molecule has 18 heavy (non-hydrogen) atoms. The van der Waals surface area contributed by atoms with Crippen LogP contribution in [0.1, 0.15) is 22.7 Å². The van der Waals surface area contributed by atoms with Crippen LogP contribution in [0.4, 0.5) is 4.39 Å².